The third-order valence-corrected chi connectivity index (χ3v) is 5.23. The smallest absolute Gasteiger partial charge is 0.421 e. The number of amides is 1. The van der Waals surface area contributed by atoms with E-state index in [2.05, 4.69) is 31.0 Å². The highest BCUT2D eigenvalue weighted by Crippen LogP contribution is 2.34. The van der Waals surface area contributed by atoms with Crippen molar-refractivity contribution in [1.82, 2.24) is 25.1 Å². The number of alkyl halides is 3. The Morgan fingerprint density at radius 3 is 2.67 bits per heavy atom. The first-order valence-corrected chi connectivity index (χ1v) is 11.1. The van der Waals surface area contributed by atoms with E-state index in [1.165, 1.54) is 0 Å². The maximum Gasteiger partial charge on any atom is 0.421 e. The second-order valence-electron chi connectivity index (χ2n) is 7.89. The standard InChI is InChI=1S/C24H24F3N7O2/c1-34-20-12-18(9-8-17(20)13-31-34)32-22-30-14-19(24(25,26)27)21(33-22)28-10-5-11-29-23(35)36-15-16-6-3-2-4-7-16/h2-4,6-9,12-14H,5,10-11,15H2,1H3,(H,29,35)(H2,28,30,32,33). The minimum Gasteiger partial charge on any atom is -0.445 e. The maximum atomic E-state index is 13.5. The van der Waals surface area contributed by atoms with Crippen LogP contribution >= 0.6 is 0 Å². The van der Waals surface area contributed by atoms with Gasteiger partial charge in [0.2, 0.25) is 5.95 Å². The van der Waals surface area contributed by atoms with E-state index in [9.17, 15) is 18.0 Å². The highest BCUT2D eigenvalue weighted by Gasteiger charge is 2.35. The fourth-order valence-corrected chi connectivity index (χ4v) is 3.39. The molecule has 0 bridgehead atoms. The van der Waals surface area contributed by atoms with Crippen LogP contribution in [0.5, 0.6) is 0 Å². The van der Waals surface area contributed by atoms with Gasteiger partial charge in [0.25, 0.3) is 0 Å². The second-order valence-corrected chi connectivity index (χ2v) is 7.89. The number of ether oxygens (including phenoxy) is 1. The van der Waals surface area contributed by atoms with Crippen molar-refractivity contribution < 1.29 is 22.7 Å². The van der Waals surface area contributed by atoms with E-state index in [1.54, 1.807) is 30.1 Å². The molecule has 0 radical (unpaired) electrons. The summed E-state index contributed by atoms with van der Waals surface area (Å²) < 4.78 is 47.2. The number of carbonyl (C=O) groups excluding carboxylic acids is 1. The van der Waals surface area contributed by atoms with E-state index in [0.717, 1.165) is 22.7 Å². The Hall–Kier alpha value is -4.35. The summed E-state index contributed by atoms with van der Waals surface area (Å²) in [4.78, 5) is 19.7. The van der Waals surface area contributed by atoms with Crippen molar-refractivity contribution in [3.05, 3.63) is 72.1 Å². The molecular formula is C24H24F3N7O2. The lowest BCUT2D eigenvalue weighted by Gasteiger charge is -2.15. The van der Waals surface area contributed by atoms with E-state index < -0.39 is 17.8 Å². The van der Waals surface area contributed by atoms with Crippen LogP contribution in [0.4, 0.5) is 35.4 Å². The zero-order valence-electron chi connectivity index (χ0n) is 19.3. The van der Waals surface area contributed by atoms with Gasteiger partial charge in [-0.1, -0.05) is 30.3 Å². The predicted molar refractivity (Wildman–Crippen MR) is 129 cm³/mol. The number of benzene rings is 2. The average molecular weight is 499 g/mol. The SMILES string of the molecule is Cn1ncc2ccc(Nc3ncc(C(F)(F)F)c(NCCCNC(=O)OCc4ccccc4)n3)cc21. The normalized spacial score (nSPS) is 11.3. The number of rotatable bonds is 9. The highest BCUT2D eigenvalue weighted by molar-refractivity contribution is 5.83. The zero-order valence-corrected chi connectivity index (χ0v) is 19.3. The van der Waals surface area contributed by atoms with E-state index in [1.807, 2.05) is 36.4 Å². The summed E-state index contributed by atoms with van der Waals surface area (Å²) >= 11 is 0. The van der Waals surface area contributed by atoms with E-state index in [4.69, 9.17) is 4.74 Å². The fourth-order valence-electron chi connectivity index (χ4n) is 3.39. The van der Waals surface area contributed by atoms with Crippen molar-refractivity contribution in [3.63, 3.8) is 0 Å². The number of halogens is 3. The zero-order chi connectivity index (χ0) is 25.5. The Kier molecular flexibility index (Phi) is 7.52. The summed E-state index contributed by atoms with van der Waals surface area (Å²) in [6.07, 6.45) is -2.43. The first-order valence-electron chi connectivity index (χ1n) is 11.1. The molecule has 2 aromatic carbocycles. The summed E-state index contributed by atoms with van der Waals surface area (Å²) in [6.45, 7) is 0.479. The molecule has 4 aromatic rings. The van der Waals surface area contributed by atoms with Crippen LogP contribution in [-0.2, 0) is 24.6 Å². The van der Waals surface area contributed by atoms with Gasteiger partial charge in [0, 0.05) is 37.4 Å². The summed E-state index contributed by atoms with van der Waals surface area (Å²) in [5, 5.41) is 13.3. The molecule has 2 heterocycles. The van der Waals surface area contributed by atoms with E-state index in [0.29, 0.717) is 12.1 Å². The molecule has 12 heteroatoms. The Bertz CT molecular complexity index is 1330. The van der Waals surface area contributed by atoms with Crippen molar-refractivity contribution in [2.75, 3.05) is 23.7 Å². The van der Waals surface area contributed by atoms with Gasteiger partial charge in [-0.25, -0.2) is 9.78 Å². The van der Waals surface area contributed by atoms with Crippen molar-refractivity contribution in [2.24, 2.45) is 7.05 Å². The van der Waals surface area contributed by atoms with Gasteiger partial charge in [-0.2, -0.15) is 23.3 Å². The van der Waals surface area contributed by atoms with Crippen LogP contribution in [0.25, 0.3) is 10.9 Å². The molecule has 1 amide bonds. The van der Waals surface area contributed by atoms with Gasteiger partial charge in [-0.3, -0.25) is 4.68 Å². The monoisotopic (exact) mass is 499 g/mol. The van der Waals surface area contributed by atoms with Gasteiger partial charge in [-0.15, -0.1) is 0 Å². The Morgan fingerprint density at radius 1 is 1.08 bits per heavy atom. The maximum absolute atomic E-state index is 13.5. The number of nitrogens with one attached hydrogen (secondary N) is 3. The molecule has 0 fully saturated rings. The number of nitrogens with zero attached hydrogens (tertiary/aromatic N) is 4. The minimum absolute atomic E-state index is 0.00892. The number of carbonyl (C=O) groups is 1. The van der Waals surface area contributed by atoms with Gasteiger partial charge in [0.05, 0.1) is 11.7 Å². The number of fused-ring (bicyclic) bond motifs is 1. The molecule has 0 aliphatic rings. The first-order chi connectivity index (χ1) is 17.3. The topological polar surface area (TPSA) is 106 Å². The molecule has 0 saturated carbocycles. The fraction of sp³-hybridized carbons (Fsp3) is 0.250. The molecule has 36 heavy (non-hydrogen) atoms. The van der Waals surface area contributed by atoms with Gasteiger partial charge in [-0.05, 0) is 30.2 Å². The van der Waals surface area contributed by atoms with Crippen molar-refractivity contribution >= 4 is 34.4 Å². The van der Waals surface area contributed by atoms with E-state index in [-0.39, 0.29) is 31.5 Å². The van der Waals surface area contributed by atoms with Crippen LogP contribution in [0.3, 0.4) is 0 Å². The van der Waals surface area contributed by atoms with Gasteiger partial charge in [0.15, 0.2) is 0 Å². The second kappa shape index (κ2) is 10.9. The van der Waals surface area contributed by atoms with Crippen LogP contribution in [0, 0.1) is 0 Å². The van der Waals surface area contributed by atoms with Crippen molar-refractivity contribution in [1.29, 1.82) is 0 Å². The summed E-state index contributed by atoms with van der Waals surface area (Å²) in [5.41, 5.74) is 1.32. The first kappa shape index (κ1) is 24.8. The van der Waals surface area contributed by atoms with Gasteiger partial charge in [0.1, 0.15) is 18.0 Å². The molecule has 0 aliphatic carbocycles. The highest BCUT2D eigenvalue weighted by atomic mass is 19.4. The van der Waals surface area contributed by atoms with Crippen LogP contribution in [-0.4, -0.2) is 38.9 Å². The predicted octanol–water partition coefficient (Wildman–Crippen LogP) is 4.85. The van der Waals surface area contributed by atoms with Gasteiger partial charge >= 0.3 is 12.3 Å². The van der Waals surface area contributed by atoms with Crippen LogP contribution in [0.15, 0.2) is 60.9 Å². The van der Waals surface area contributed by atoms with Crippen molar-refractivity contribution in [2.45, 2.75) is 19.2 Å². The van der Waals surface area contributed by atoms with Crippen LogP contribution in [0.2, 0.25) is 0 Å². The van der Waals surface area contributed by atoms with Crippen LogP contribution in [0.1, 0.15) is 17.5 Å². The third-order valence-electron chi connectivity index (χ3n) is 5.23. The molecule has 0 saturated heterocycles. The Labute approximate surface area is 204 Å². The quantitative estimate of drug-likeness (QED) is 0.283. The lowest BCUT2D eigenvalue weighted by Crippen LogP contribution is -2.26. The lowest BCUT2D eigenvalue weighted by molar-refractivity contribution is -0.137. The number of hydrogen-bond acceptors (Lipinski definition) is 7. The summed E-state index contributed by atoms with van der Waals surface area (Å²) in [5.74, 6) is -0.345. The summed E-state index contributed by atoms with van der Waals surface area (Å²) in [6, 6.07) is 14.6. The molecule has 3 N–H and O–H groups in total. The molecule has 0 atom stereocenters. The third kappa shape index (κ3) is 6.40. The molecule has 9 nitrogen and oxygen atoms in total. The molecule has 4 rings (SSSR count). The number of aryl methyl sites for hydroxylation is 1. The molecule has 188 valence electrons. The van der Waals surface area contributed by atoms with Gasteiger partial charge < -0.3 is 20.7 Å². The Balaban J connectivity index is 1.32. The van der Waals surface area contributed by atoms with E-state index >= 15 is 0 Å². The molecule has 2 aromatic heterocycles. The molecular weight excluding hydrogens is 475 g/mol. The number of aromatic nitrogens is 4. The summed E-state index contributed by atoms with van der Waals surface area (Å²) in [7, 11) is 1.79. The number of hydrogen-bond donors (Lipinski definition) is 3. The van der Waals surface area contributed by atoms with Crippen LogP contribution < -0.4 is 16.0 Å². The molecule has 0 spiro atoms. The van der Waals surface area contributed by atoms with Crippen molar-refractivity contribution in [3.8, 4) is 0 Å². The average Bonchev–Trinajstić information content (AvgIpc) is 3.22. The molecule has 0 unspecified atom stereocenters. The number of anilines is 3. The Morgan fingerprint density at radius 2 is 1.89 bits per heavy atom. The minimum atomic E-state index is -4.63. The number of alkyl carbamates (subject to hydrolysis) is 1. The lowest BCUT2D eigenvalue weighted by atomic mass is 10.2. The largest absolute Gasteiger partial charge is 0.445 e. The molecule has 0 aliphatic heterocycles.